The molecule has 0 spiro atoms. The Balaban J connectivity index is 0.000000901. The zero-order chi connectivity index (χ0) is 32.2. The number of carbonyl (C=O) groups is 2. The van der Waals surface area contributed by atoms with Gasteiger partial charge in [0.05, 0.1) is 23.7 Å². The number of rotatable bonds is 14. The van der Waals surface area contributed by atoms with Gasteiger partial charge >= 0.3 is 12.1 Å². The van der Waals surface area contributed by atoms with E-state index in [1.807, 2.05) is 69.6 Å². The van der Waals surface area contributed by atoms with Gasteiger partial charge < -0.3 is 30.8 Å². The number of alkyl carbamates (subject to hydrolysis) is 1. The average Bonchev–Trinajstić information content (AvgIpc) is 3.43. The van der Waals surface area contributed by atoms with Crippen molar-refractivity contribution in [2.24, 2.45) is 5.84 Å². The fourth-order valence-electron chi connectivity index (χ4n) is 3.55. The van der Waals surface area contributed by atoms with E-state index in [1.54, 1.807) is 0 Å². The molecule has 0 radical (unpaired) electrons. The van der Waals surface area contributed by atoms with Crippen molar-refractivity contribution < 1.29 is 19.4 Å². The minimum absolute atomic E-state index is 0.144. The summed E-state index contributed by atoms with van der Waals surface area (Å²) in [4.78, 5) is 30.0. The Bertz CT molecular complexity index is 1210. The maximum Gasteiger partial charge on any atom is 0.407 e. The fraction of sp³-hybridized carbons (Fsp3) is 0.484. The maximum absolute atomic E-state index is 11.5. The van der Waals surface area contributed by atoms with E-state index in [9.17, 15) is 9.59 Å². The summed E-state index contributed by atoms with van der Waals surface area (Å²) in [5.41, 5.74) is 9.12. The van der Waals surface area contributed by atoms with Crippen LogP contribution in [0.1, 0.15) is 79.2 Å². The van der Waals surface area contributed by atoms with Crippen LogP contribution in [0.5, 0.6) is 0 Å². The van der Waals surface area contributed by atoms with Crippen molar-refractivity contribution in [3.63, 3.8) is 0 Å². The van der Waals surface area contributed by atoms with Crippen molar-refractivity contribution in [3.05, 3.63) is 54.5 Å². The highest BCUT2D eigenvalue weighted by molar-refractivity contribution is 5.71. The SMILES string of the molecule is CC.CCCCC(=O)O.CCCc1ccc(N(N)c2nc(Nc3c#cn(CCCNC(=O)OC(C)C)c3)ncc2N)cc1. The Morgan fingerprint density at radius 1 is 1.14 bits per heavy atom. The van der Waals surface area contributed by atoms with Crippen LogP contribution in [0.3, 0.4) is 0 Å². The largest absolute Gasteiger partial charge is 0.481 e. The summed E-state index contributed by atoms with van der Waals surface area (Å²) in [7, 11) is 0. The summed E-state index contributed by atoms with van der Waals surface area (Å²) < 4.78 is 6.87. The molecule has 236 valence electrons. The molecule has 0 fully saturated rings. The van der Waals surface area contributed by atoms with Gasteiger partial charge in [-0.15, -0.1) is 0 Å². The first-order valence-electron chi connectivity index (χ1n) is 14.8. The second-order valence-electron chi connectivity index (χ2n) is 9.59. The number of benzene rings is 1. The number of carboxylic acids is 1. The van der Waals surface area contributed by atoms with Gasteiger partial charge in [0.2, 0.25) is 5.95 Å². The van der Waals surface area contributed by atoms with E-state index in [1.165, 1.54) is 16.8 Å². The molecular formula is C31H48N8O4. The minimum atomic E-state index is -0.693. The molecule has 12 nitrogen and oxygen atoms in total. The molecule has 12 heteroatoms. The third-order valence-corrected chi connectivity index (χ3v) is 5.57. The standard InChI is InChI=1S/C24H32N8O2.C5H10O2.C2H6/c1-4-6-18-7-9-20(10-8-18)32(26)22-21(25)15-28-23(30-22)29-19-11-14-31(16-19)13-5-12-27-24(33)34-17(2)3;1-2-3-4-5(6)7;1-2/h7-10,15-17H,4-6,12-13,25-26H2,1-3H3,(H,27,33)(H,28,29,30);2-4H2,1H3,(H,6,7);1-2H3. The predicted molar refractivity (Wildman–Crippen MR) is 171 cm³/mol. The van der Waals surface area contributed by atoms with Gasteiger partial charge in [-0.1, -0.05) is 52.7 Å². The smallest absolute Gasteiger partial charge is 0.407 e. The van der Waals surface area contributed by atoms with Crippen molar-refractivity contribution in [2.45, 2.75) is 92.7 Å². The lowest BCUT2D eigenvalue weighted by Gasteiger charge is -2.20. The van der Waals surface area contributed by atoms with Gasteiger partial charge in [0.15, 0.2) is 5.82 Å². The Labute approximate surface area is 255 Å². The highest BCUT2D eigenvalue weighted by Gasteiger charge is 2.13. The van der Waals surface area contributed by atoms with E-state index < -0.39 is 12.1 Å². The maximum atomic E-state index is 11.5. The quantitative estimate of drug-likeness (QED) is 0.0846. The van der Waals surface area contributed by atoms with Crippen LogP contribution in [0.2, 0.25) is 0 Å². The summed E-state index contributed by atoms with van der Waals surface area (Å²) in [5.74, 6) is 6.34. The lowest BCUT2D eigenvalue weighted by molar-refractivity contribution is -0.137. The van der Waals surface area contributed by atoms with E-state index in [4.69, 9.17) is 21.4 Å². The summed E-state index contributed by atoms with van der Waals surface area (Å²) >= 11 is 0. The van der Waals surface area contributed by atoms with Crippen molar-refractivity contribution >= 4 is 40.9 Å². The first-order chi connectivity index (χ1) is 20.6. The number of nitrogens with one attached hydrogen (secondary N) is 2. The van der Waals surface area contributed by atoms with Gasteiger partial charge in [0.1, 0.15) is 5.69 Å². The van der Waals surface area contributed by atoms with Crippen molar-refractivity contribution in [1.29, 1.82) is 0 Å². The Morgan fingerprint density at radius 2 is 1.84 bits per heavy atom. The summed E-state index contributed by atoms with van der Waals surface area (Å²) in [6.07, 6.45) is 10.7. The van der Waals surface area contributed by atoms with Crippen LogP contribution in [0.25, 0.3) is 0 Å². The number of aromatic nitrogens is 3. The molecule has 0 aliphatic heterocycles. The number of hydrazine groups is 1. The minimum Gasteiger partial charge on any atom is -0.481 e. The Kier molecular flexibility index (Phi) is 17.3. The molecule has 3 aromatic rings. The third-order valence-electron chi connectivity index (χ3n) is 5.57. The van der Waals surface area contributed by atoms with Crippen molar-refractivity contribution in [2.75, 3.05) is 22.6 Å². The Morgan fingerprint density at radius 3 is 2.42 bits per heavy atom. The van der Waals surface area contributed by atoms with Gasteiger partial charge in [0, 0.05) is 31.9 Å². The van der Waals surface area contributed by atoms with E-state index >= 15 is 0 Å². The third kappa shape index (κ3) is 14.3. The second kappa shape index (κ2) is 20.4. The lowest BCUT2D eigenvalue weighted by Crippen LogP contribution is -2.28. The molecular weight excluding hydrogens is 548 g/mol. The second-order valence-corrected chi connectivity index (χ2v) is 9.59. The molecule has 0 unspecified atom stereocenters. The van der Waals surface area contributed by atoms with Crippen LogP contribution in [0.4, 0.5) is 33.6 Å². The molecule has 1 amide bonds. The number of unbranched alkanes of at least 4 members (excludes halogenated alkanes) is 1. The molecule has 0 aliphatic rings. The molecule has 2 aromatic heterocycles. The lowest BCUT2D eigenvalue weighted by atomic mass is 10.1. The molecule has 7 N–H and O–H groups in total. The molecule has 0 aliphatic carbocycles. The fourth-order valence-corrected chi connectivity index (χ4v) is 3.55. The highest BCUT2D eigenvalue weighted by Crippen LogP contribution is 2.27. The number of hydrogen-bond acceptors (Lipinski definition) is 9. The monoisotopic (exact) mass is 596 g/mol. The number of ether oxygens (including phenoxy) is 1. The molecule has 43 heavy (non-hydrogen) atoms. The number of carboxylic acid groups (broad SMARTS) is 1. The van der Waals surface area contributed by atoms with Crippen molar-refractivity contribution in [1.82, 2.24) is 19.9 Å². The van der Waals surface area contributed by atoms with Crippen LogP contribution in [-0.4, -0.2) is 44.4 Å². The zero-order valence-electron chi connectivity index (χ0n) is 26.3. The first kappa shape index (κ1) is 36.5. The van der Waals surface area contributed by atoms with Crippen LogP contribution in [0.15, 0.2) is 36.7 Å². The van der Waals surface area contributed by atoms with Gasteiger partial charge in [-0.05, 0) is 56.9 Å². The Hall–Kier alpha value is -4.50. The first-order valence-corrected chi connectivity index (χ1v) is 14.8. The number of aryl methyl sites for hydroxylation is 2. The van der Waals surface area contributed by atoms with Crippen LogP contribution < -0.4 is 27.2 Å². The molecule has 0 bridgehead atoms. The number of aliphatic carboxylic acids is 1. The topological polar surface area (TPSA) is 174 Å². The van der Waals surface area contributed by atoms with Gasteiger partial charge in [-0.2, -0.15) is 4.98 Å². The molecule has 3 rings (SSSR count). The number of nitrogens with two attached hydrogens (primary N) is 2. The summed E-state index contributed by atoms with van der Waals surface area (Å²) in [6, 6.07) is 11.0. The van der Waals surface area contributed by atoms with Crippen LogP contribution in [-0.2, 0) is 22.5 Å². The van der Waals surface area contributed by atoms with Gasteiger partial charge in [-0.3, -0.25) is 9.80 Å². The predicted octanol–water partition coefficient (Wildman–Crippen LogP) is 5.98. The van der Waals surface area contributed by atoms with Gasteiger partial charge in [-0.25, -0.2) is 15.6 Å². The highest BCUT2D eigenvalue weighted by atomic mass is 16.6. The van der Waals surface area contributed by atoms with E-state index in [-0.39, 0.29) is 6.10 Å². The number of anilines is 5. The summed E-state index contributed by atoms with van der Waals surface area (Å²) in [5, 5.41) is 15.3. The van der Waals surface area contributed by atoms with Crippen LogP contribution >= 0.6 is 0 Å². The summed E-state index contributed by atoms with van der Waals surface area (Å²) in [6.45, 7) is 12.9. The number of amides is 1. The molecule has 0 atom stereocenters. The molecule has 0 saturated carbocycles. The number of carbonyl (C=O) groups excluding carboxylic acids is 1. The van der Waals surface area contributed by atoms with Gasteiger partial charge in [0.25, 0.3) is 0 Å². The molecule has 2 heterocycles. The van der Waals surface area contributed by atoms with Crippen LogP contribution in [0, 0.1) is 12.3 Å². The molecule has 0 saturated heterocycles. The number of hydrogen-bond donors (Lipinski definition) is 5. The van der Waals surface area contributed by atoms with E-state index in [0.29, 0.717) is 49.1 Å². The molecule has 1 aromatic carbocycles. The normalized spacial score (nSPS) is 9.95. The van der Waals surface area contributed by atoms with E-state index in [0.717, 1.165) is 31.4 Å². The number of nitrogens with zero attached hydrogens (tertiary/aromatic N) is 4. The average molecular weight is 597 g/mol. The number of nitrogen functional groups attached to an aromatic ring is 1. The van der Waals surface area contributed by atoms with E-state index in [2.05, 4.69) is 39.8 Å². The van der Waals surface area contributed by atoms with Crippen molar-refractivity contribution in [3.8, 4) is 0 Å². The zero-order valence-corrected chi connectivity index (χ0v) is 26.3.